The normalized spacial score (nSPS) is 17.4. The van der Waals surface area contributed by atoms with Crippen molar-refractivity contribution in [2.75, 3.05) is 7.11 Å². The molecule has 1 atom stereocenters. The number of nitrogens with two attached hydrogens (primary N) is 1. The lowest BCUT2D eigenvalue weighted by Gasteiger charge is -2.19. The fraction of sp³-hybridized carbons (Fsp3) is 0.467. The van der Waals surface area contributed by atoms with E-state index < -0.39 is 0 Å². The van der Waals surface area contributed by atoms with E-state index >= 15 is 0 Å². The highest BCUT2D eigenvalue weighted by atomic mass is 16.5. The lowest BCUT2D eigenvalue weighted by Crippen LogP contribution is -2.13. The number of para-hydroxylation sites is 1. The molecule has 0 fully saturated rings. The zero-order chi connectivity index (χ0) is 12.1. The second-order valence-corrected chi connectivity index (χ2v) is 4.66. The summed E-state index contributed by atoms with van der Waals surface area (Å²) in [6, 6.07) is 8.09. The quantitative estimate of drug-likeness (QED) is 0.804. The highest BCUT2D eigenvalue weighted by Crippen LogP contribution is 2.30. The molecule has 2 heteroatoms. The van der Waals surface area contributed by atoms with Crippen LogP contribution in [-0.4, -0.2) is 7.11 Å². The molecule has 0 spiro atoms. The first-order valence-corrected chi connectivity index (χ1v) is 6.37. The molecule has 1 aliphatic rings. The van der Waals surface area contributed by atoms with E-state index in [0.29, 0.717) is 0 Å². The van der Waals surface area contributed by atoms with Crippen LogP contribution in [0.2, 0.25) is 0 Å². The first-order chi connectivity index (χ1) is 8.31. The lowest BCUT2D eigenvalue weighted by atomic mass is 9.92. The zero-order valence-electron chi connectivity index (χ0n) is 10.5. The average Bonchev–Trinajstić information content (AvgIpc) is 2.40. The third kappa shape index (κ3) is 3.10. The summed E-state index contributed by atoms with van der Waals surface area (Å²) in [5.74, 6) is 0.899. The molecular weight excluding hydrogens is 210 g/mol. The molecule has 92 valence electrons. The Morgan fingerprint density at radius 3 is 2.82 bits per heavy atom. The number of rotatable bonds is 4. The smallest absolute Gasteiger partial charge is 0.123 e. The van der Waals surface area contributed by atoms with Crippen LogP contribution >= 0.6 is 0 Å². The largest absolute Gasteiger partial charge is 0.496 e. The van der Waals surface area contributed by atoms with Gasteiger partial charge in [-0.25, -0.2) is 0 Å². The highest BCUT2D eigenvalue weighted by molar-refractivity contribution is 5.36. The van der Waals surface area contributed by atoms with Gasteiger partial charge in [-0.2, -0.15) is 0 Å². The van der Waals surface area contributed by atoms with Crippen LogP contribution < -0.4 is 10.5 Å². The minimum Gasteiger partial charge on any atom is -0.496 e. The maximum Gasteiger partial charge on any atom is 0.123 e. The van der Waals surface area contributed by atoms with Gasteiger partial charge in [0.1, 0.15) is 5.75 Å². The molecule has 17 heavy (non-hydrogen) atoms. The third-order valence-electron chi connectivity index (χ3n) is 3.41. The number of benzene rings is 1. The van der Waals surface area contributed by atoms with Gasteiger partial charge in [0, 0.05) is 11.6 Å². The summed E-state index contributed by atoms with van der Waals surface area (Å²) >= 11 is 0. The van der Waals surface area contributed by atoms with Crippen molar-refractivity contribution in [1.29, 1.82) is 0 Å². The molecule has 1 unspecified atom stereocenters. The van der Waals surface area contributed by atoms with Crippen molar-refractivity contribution in [3.8, 4) is 5.75 Å². The Morgan fingerprint density at radius 1 is 1.29 bits per heavy atom. The van der Waals surface area contributed by atoms with E-state index in [-0.39, 0.29) is 6.04 Å². The first kappa shape index (κ1) is 12.2. The van der Waals surface area contributed by atoms with Gasteiger partial charge in [-0.15, -0.1) is 0 Å². The Balaban J connectivity index is 2.08. The molecule has 2 rings (SSSR count). The van der Waals surface area contributed by atoms with Gasteiger partial charge in [-0.05, 0) is 38.2 Å². The van der Waals surface area contributed by atoms with Gasteiger partial charge in [0.2, 0.25) is 0 Å². The van der Waals surface area contributed by atoms with Crippen LogP contribution in [0, 0.1) is 0 Å². The molecule has 0 aromatic heterocycles. The molecule has 0 aliphatic heterocycles. The molecule has 0 amide bonds. The summed E-state index contributed by atoms with van der Waals surface area (Å²) < 4.78 is 5.36. The van der Waals surface area contributed by atoms with Gasteiger partial charge in [0.05, 0.1) is 7.11 Å². The number of allylic oxidation sites excluding steroid dienone is 1. The van der Waals surface area contributed by atoms with E-state index in [9.17, 15) is 0 Å². The van der Waals surface area contributed by atoms with Crippen LogP contribution in [-0.2, 0) is 0 Å². The summed E-state index contributed by atoms with van der Waals surface area (Å²) in [7, 11) is 1.70. The van der Waals surface area contributed by atoms with E-state index in [1.165, 1.54) is 31.3 Å². The van der Waals surface area contributed by atoms with Crippen molar-refractivity contribution >= 4 is 0 Å². The number of methoxy groups -OCH3 is 1. The Labute approximate surface area is 103 Å². The SMILES string of the molecule is COc1ccccc1C(N)CC1=CCCCC1. The fourth-order valence-corrected chi connectivity index (χ4v) is 2.46. The van der Waals surface area contributed by atoms with Crippen LogP contribution in [0.5, 0.6) is 5.75 Å². The van der Waals surface area contributed by atoms with Crippen molar-refractivity contribution in [3.63, 3.8) is 0 Å². The van der Waals surface area contributed by atoms with Crippen LogP contribution in [0.1, 0.15) is 43.7 Å². The predicted molar refractivity (Wildman–Crippen MR) is 71.1 cm³/mol. The van der Waals surface area contributed by atoms with E-state index in [4.69, 9.17) is 10.5 Å². The molecule has 2 N–H and O–H groups in total. The molecule has 0 saturated carbocycles. The fourth-order valence-electron chi connectivity index (χ4n) is 2.46. The second kappa shape index (κ2) is 5.87. The van der Waals surface area contributed by atoms with Gasteiger partial charge < -0.3 is 10.5 Å². The number of ether oxygens (including phenoxy) is 1. The third-order valence-corrected chi connectivity index (χ3v) is 3.41. The van der Waals surface area contributed by atoms with Gasteiger partial charge in [-0.3, -0.25) is 0 Å². The van der Waals surface area contributed by atoms with E-state index in [1.54, 1.807) is 7.11 Å². The Hall–Kier alpha value is -1.28. The van der Waals surface area contributed by atoms with Gasteiger partial charge >= 0.3 is 0 Å². The summed E-state index contributed by atoms with van der Waals surface area (Å²) in [4.78, 5) is 0. The Bertz CT molecular complexity index is 398. The molecule has 1 aromatic rings. The van der Waals surface area contributed by atoms with Crippen molar-refractivity contribution in [2.45, 2.75) is 38.1 Å². The molecule has 0 bridgehead atoms. The molecule has 2 nitrogen and oxygen atoms in total. The molecule has 0 radical (unpaired) electrons. The van der Waals surface area contributed by atoms with Crippen LogP contribution in [0.4, 0.5) is 0 Å². The minimum absolute atomic E-state index is 0.0514. The summed E-state index contributed by atoms with van der Waals surface area (Å²) in [5.41, 5.74) is 8.90. The van der Waals surface area contributed by atoms with Crippen molar-refractivity contribution in [3.05, 3.63) is 41.5 Å². The van der Waals surface area contributed by atoms with Crippen molar-refractivity contribution in [2.24, 2.45) is 5.73 Å². The van der Waals surface area contributed by atoms with Gasteiger partial charge in [-0.1, -0.05) is 29.8 Å². The number of hydrogen-bond donors (Lipinski definition) is 1. The molecule has 1 aromatic carbocycles. The van der Waals surface area contributed by atoms with Crippen molar-refractivity contribution in [1.82, 2.24) is 0 Å². The van der Waals surface area contributed by atoms with Crippen molar-refractivity contribution < 1.29 is 4.74 Å². The van der Waals surface area contributed by atoms with Crippen LogP contribution in [0.3, 0.4) is 0 Å². The average molecular weight is 231 g/mol. The lowest BCUT2D eigenvalue weighted by molar-refractivity contribution is 0.405. The van der Waals surface area contributed by atoms with Gasteiger partial charge in [0.15, 0.2) is 0 Å². The highest BCUT2D eigenvalue weighted by Gasteiger charge is 2.14. The Morgan fingerprint density at radius 2 is 2.12 bits per heavy atom. The zero-order valence-corrected chi connectivity index (χ0v) is 10.5. The van der Waals surface area contributed by atoms with E-state index in [1.807, 2.05) is 18.2 Å². The van der Waals surface area contributed by atoms with Crippen LogP contribution in [0.25, 0.3) is 0 Å². The number of hydrogen-bond acceptors (Lipinski definition) is 2. The predicted octanol–water partition coefficient (Wildman–Crippen LogP) is 3.59. The maximum atomic E-state index is 6.28. The maximum absolute atomic E-state index is 6.28. The molecule has 0 heterocycles. The molecule has 1 aliphatic carbocycles. The van der Waals surface area contributed by atoms with E-state index in [2.05, 4.69) is 12.1 Å². The van der Waals surface area contributed by atoms with E-state index in [0.717, 1.165) is 17.7 Å². The minimum atomic E-state index is 0.0514. The monoisotopic (exact) mass is 231 g/mol. The summed E-state index contributed by atoms with van der Waals surface area (Å²) in [6.45, 7) is 0. The Kier molecular flexibility index (Phi) is 4.21. The standard InChI is InChI=1S/C15H21NO/c1-17-15-10-6-5-9-13(15)14(16)11-12-7-3-2-4-8-12/h5-7,9-10,14H,2-4,8,11,16H2,1H3. The second-order valence-electron chi connectivity index (χ2n) is 4.66. The van der Waals surface area contributed by atoms with Gasteiger partial charge in [0.25, 0.3) is 0 Å². The molecular formula is C15H21NO. The summed E-state index contributed by atoms with van der Waals surface area (Å²) in [6.07, 6.45) is 8.38. The van der Waals surface area contributed by atoms with Crippen LogP contribution in [0.15, 0.2) is 35.9 Å². The summed E-state index contributed by atoms with van der Waals surface area (Å²) in [5, 5.41) is 0. The first-order valence-electron chi connectivity index (χ1n) is 6.37. The molecule has 0 saturated heterocycles. The topological polar surface area (TPSA) is 35.2 Å².